The highest BCUT2D eigenvalue weighted by Gasteiger charge is 2.28. The number of primary amides is 1. The van der Waals surface area contributed by atoms with Crippen molar-refractivity contribution >= 4 is 23.0 Å². The Morgan fingerprint density at radius 2 is 2.24 bits per heavy atom. The van der Waals surface area contributed by atoms with Crippen LogP contribution in [0.2, 0.25) is 0 Å². The molecular weight excluding hydrogens is 318 g/mol. The largest absolute Gasteiger partial charge is 0.369 e. The van der Waals surface area contributed by atoms with Gasteiger partial charge in [-0.3, -0.25) is 4.79 Å². The van der Waals surface area contributed by atoms with Gasteiger partial charge in [-0.25, -0.2) is 4.98 Å². The smallest absolute Gasteiger partial charge is 0.225 e. The van der Waals surface area contributed by atoms with E-state index >= 15 is 0 Å². The van der Waals surface area contributed by atoms with Crippen LogP contribution in [-0.4, -0.2) is 36.9 Å². The third-order valence-electron chi connectivity index (χ3n) is 4.61. The number of nitrogens with one attached hydrogen (secondary N) is 1. The van der Waals surface area contributed by atoms with Crippen LogP contribution in [0.25, 0.3) is 16.9 Å². The van der Waals surface area contributed by atoms with Gasteiger partial charge in [0.25, 0.3) is 0 Å². The summed E-state index contributed by atoms with van der Waals surface area (Å²) in [7, 11) is 0. The summed E-state index contributed by atoms with van der Waals surface area (Å²) in [5, 5.41) is 11.6. The number of amides is 1. The molecular formula is C17H19N7O. The molecule has 25 heavy (non-hydrogen) atoms. The minimum absolute atomic E-state index is 0.0688. The minimum atomic E-state index is -0.234. The molecule has 1 aliphatic carbocycles. The molecule has 3 N–H and O–H groups in total. The second-order valence-corrected chi connectivity index (χ2v) is 6.50. The van der Waals surface area contributed by atoms with Gasteiger partial charge in [-0.2, -0.15) is 9.67 Å². The predicted molar refractivity (Wildman–Crippen MR) is 93.1 cm³/mol. The number of hydrogen-bond acceptors (Lipinski definition) is 6. The molecule has 1 saturated carbocycles. The van der Waals surface area contributed by atoms with E-state index in [9.17, 15) is 4.79 Å². The Hall–Kier alpha value is -3.03. The number of nitrogens with two attached hydrogens (primary N) is 1. The highest BCUT2D eigenvalue weighted by Crippen LogP contribution is 2.27. The molecule has 0 aliphatic heterocycles. The van der Waals surface area contributed by atoms with E-state index < -0.39 is 0 Å². The van der Waals surface area contributed by atoms with Crippen LogP contribution in [0.3, 0.4) is 0 Å². The van der Waals surface area contributed by atoms with Crippen molar-refractivity contribution in [3.05, 3.63) is 36.0 Å². The van der Waals surface area contributed by atoms with Gasteiger partial charge in [0.15, 0.2) is 11.2 Å². The number of nitrogens with zero attached hydrogens (tertiary/aromatic N) is 5. The first kappa shape index (κ1) is 15.5. The van der Waals surface area contributed by atoms with Crippen LogP contribution in [0, 0.1) is 12.8 Å². The Kier molecular flexibility index (Phi) is 3.79. The van der Waals surface area contributed by atoms with Gasteiger partial charge in [0, 0.05) is 12.0 Å². The highest BCUT2D eigenvalue weighted by molar-refractivity contribution is 5.77. The molecule has 2 unspecified atom stereocenters. The van der Waals surface area contributed by atoms with Crippen LogP contribution in [0.15, 0.2) is 30.5 Å². The Balaban J connectivity index is 1.62. The van der Waals surface area contributed by atoms with E-state index in [1.807, 2.05) is 31.2 Å². The lowest BCUT2D eigenvalue weighted by atomic mass is 10.1. The maximum Gasteiger partial charge on any atom is 0.225 e. The average molecular weight is 337 g/mol. The van der Waals surface area contributed by atoms with Crippen molar-refractivity contribution in [2.24, 2.45) is 11.7 Å². The SMILES string of the molecule is Cc1cccc(-n2nnc3cnc(NC4CCC(C(N)=O)C4)nc32)c1. The third-order valence-corrected chi connectivity index (χ3v) is 4.61. The van der Waals surface area contributed by atoms with Gasteiger partial charge in [-0.05, 0) is 43.9 Å². The average Bonchev–Trinajstić information content (AvgIpc) is 3.21. The van der Waals surface area contributed by atoms with Gasteiger partial charge in [0.2, 0.25) is 11.9 Å². The molecule has 2 atom stereocenters. The number of aromatic nitrogens is 5. The number of aryl methyl sites for hydroxylation is 1. The van der Waals surface area contributed by atoms with E-state index in [1.54, 1.807) is 10.9 Å². The summed E-state index contributed by atoms with van der Waals surface area (Å²) in [6, 6.07) is 8.14. The van der Waals surface area contributed by atoms with E-state index in [0.717, 1.165) is 24.1 Å². The van der Waals surface area contributed by atoms with Gasteiger partial charge >= 0.3 is 0 Å². The molecule has 128 valence electrons. The fourth-order valence-electron chi connectivity index (χ4n) is 3.28. The van der Waals surface area contributed by atoms with Crippen LogP contribution < -0.4 is 11.1 Å². The van der Waals surface area contributed by atoms with Gasteiger partial charge in [-0.15, -0.1) is 5.10 Å². The number of carbonyl (C=O) groups is 1. The van der Waals surface area contributed by atoms with Gasteiger partial charge in [0.1, 0.15) is 0 Å². The summed E-state index contributed by atoms with van der Waals surface area (Å²) < 4.78 is 1.70. The molecule has 2 aromatic heterocycles. The molecule has 8 nitrogen and oxygen atoms in total. The third kappa shape index (κ3) is 3.02. The van der Waals surface area contributed by atoms with E-state index in [4.69, 9.17) is 5.73 Å². The summed E-state index contributed by atoms with van der Waals surface area (Å²) >= 11 is 0. The van der Waals surface area contributed by atoms with Crippen molar-refractivity contribution in [2.75, 3.05) is 5.32 Å². The number of fused-ring (bicyclic) bond motifs is 1. The highest BCUT2D eigenvalue weighted by atomic mass is 16.1. The van der Waals surface area contributed by atoms with Gasteiger partial charge in [0.05, 0.1) is 11.9 Å². The second-order valence-electron chi connectivity index (χ2n) is 6.50. The van der Waals surface area contributed by atoms with Crippen LogP contribution >= 0.6 is 0 Å². The zero-order chi connectivity index (χ0) is 17.4. The summed E-state index contributed by atoms with van der Waals surface area (Å²) in [5.74, 6) is 0.210. The van der Waals surface area contributed by atoms with E-state index in [2.05, 4.69) is 25.6 Å². The number of carbonyl (C=O) groups excluding carboxylic acids is 1. The topological polar surface area (TPSA) is 112 Å². The Labute approximate surface area is 144 Å². The molecule has 1 fully saturated rings. The lowest BCUT2D eigenvalue weighted by Crippen LogP contribution is -2.23. The van der Waals surface area contributed by atoms with E-state index in [1.165, 1.54) is 0 Å². The summed E-state index contributed by atoms with van der Waals surface area (Å²) in [6.07, 6.45) is 4.05. The van der Waals surface area contributed by atoms with Crippen LogP contribution in [-0.2, 0) is 4.79 Å². The zero-order valence-electron chi connectivity index (χ0n) is 13.9. The standard InChI is InChI=1S/C17H19N7O/c1-10-3-2-4-13(7-10)24-16-14(22-23-24)9-19-17(21-16)20-12-6-5-11(8-12)15(18)25/h2-4,7,9,11-12H,5-6,8H2,1H3,(H2,18,25)(H,19,20,21). The van der Waals surface area contributed by atoms with Crippen molar-refractivity contribution in [1.29, 1.82) is 0 Å². The zero-order valence-corrected chi connectivity index (χ0v) is 13.9. The van der Waals surface area contributed by atoms with Gasteiger partial charge < -0.3 is 11.1 Å². The first-order valence-corrected chi connectivity index (χ1v) is 8.31. The molecule has 0 spiro atoms. The van der Waals surface area contributed by atoms with Crippen molar-refractivity contribution in [3.8, 4) is 5.69 Å². The van der Waals surface area contributed by atoms with Crippen LogP contribution in [0.5, 0.6) is 0 Å². The van der Waals surface area contributed by atoms with Crippen LogP contribution in [0.1, 0.15) is 24.8 Å². The molecule has 1 aromatic carbocycles. The quantitative estimate of drug-likeness (QED) is 0.747. The Morgan fingerprint density at radius 3 is 3.00 bits per heavy atom. The molecule has 0 saturated heterocycles. The normalized spacial score (nSPS) is 20.0. The molecule has 8 heteroatoms. The van der Waals surface area contributed by atoms with Crippen molar-refractivity contribution in [3.63, 3.8) is 0 Å². The molecule has 0 radical (unpaired) electrons. The van der Waals surface area contributed by atoms with E-state index in [0.29, 0.717) is 23.5 Å². The molecule has 1 amide bonds. The lowest BCUT2D eigenvalue weighted by molar-refractivity contribution is -0.121. The fourth-order valence-corrected chi connectivity index (χ4v) is 3.28. The maximum absolute atomic E-state index is 11.3. The minimum Gasteiger partial charge on any atom is -0.369 e. The summed E-state index contributed by atoms with van der Waals surface area (Å²) in [5.41, 5.74) is 8.71. The number of hydrogen-bond donors (Lipinski definition) is 2. The van der Waals surface area contributed by atoms with Gasteiger partial charge in [-0.1, -0.05) is 17.3 Å². The first-order valence-electron chi connectivity index (χ1n) is 8.31. The molecule has 4 rings (SSSR count). The fraction of sp³-hybridized carbons (Fsp3) is 0.353. The van der Waals surface area contributed by atoms with Crippen molar-refractivity contribution in [1.82, 2.24) is 25.0 Å². The summed E-state index contributed by atoms with van der Waals surface area (Å²) in [6.45, 7) is 2.03. The predicted octanol–water partition coefficient (Wildman–Crippen LogP) is 1.58. The molecule has 0 bridgehead atoms. The second kappa shape index (κ2) is 6.12. The maximum atomic E-state index is 11.3. The van der Waals surface area contributed by atoms with Crippen molar-refractivity contribution < 1.29 is 4.79 Å². The first-order chi connectivity index (χ1) is 12.1. The number of rotatable bonds is 4. The monoisotopic (exact) mass is 337 g/mol. The number of anilines is 1. The van der Waals surface area contributed by atoms with Crippen LogP contribution in [0.4, 0.5) is 5.95 Å². The van der Waals surface area contributed by atoms with E-state index in [-0.39, 0.29) is 17.9 Å². The lowest BCUT2D eigenvalue weighted by Gasteiger charge is -2.12. The molecule has 3 aromatic rings. The summed E-state index contributed by atoms with van der Waals surface area (Å²) in [4.78, 5) is 20.2. The van der Waals surface area contributed by atoms with Crippen molar-refractivity contribution in [2.45, 2.75) is 32.2 Å². The Bertz CT molecular complexity index is 936. The molecule has 2 heterocycles. The molecule has 1 aliphatic rings. The number of benzene rings is 1. The Morgan fingerprint density at radius 1 is 1.36 bits per heavy atom.